The Morgan fingerprint density at radius 2 is 1.92 bits per heavy atom. The van der Waals surface area contributed by atoms with Crippen molar-refractivity contribution in [3.63, 3.8) is 0 Å². The largest absolute Gasteiger partial charge is 0.474 e. The monoisotopic (exact) mass is 513 g/mol. The summed E-state index contributed by atoms with van der Waals surface area (Å²) in [5, 5.41) is 5.20. The van der Waals surface area contributed by atoms with Crippen molar-refractivity contribution >= 4 is 28.6 Å². The van der Waals surface area contributed by atoms with Crippen LogP contribution in [0.1, 0.15) is 11.1 Å². The number of hydrogen-bond donors (Lipinski definition) is 2. The zero-order valence-corrected chi connectivity index (χ0v) is 21.3. The van der Waals surface area contributed by atoms with Gasteiger partial charge in [-0.25, -0.2) is 4.39 Å². The normalized spacial score (nSPS) is 17.7. The maximum atomic E-state index is 15.5. The third-order valence-corrected chi connectivity index (χ3v) is 6.84. The number of pyridine rings is 1. The molecule has 198 valence electrons. The number of hydrazone groups is 1. The van der Waals surface area contributed by atoms with Gasteiger partial charge in [0, 0.05) is 68.5 Å². The topological polar surface area (TPSA) is 81.2 Å². The molecule has 0 radical (unpaired) electrons. The Balaban J connectivity index is 1.35. The van der Waals surface area contributed by atoms with Crippen LogP contribution in [0.5, 0.6) is 5.88 Å². The van der Waals surface area contributed by atoms with Crippen LogP contribution in [0.25, 0.3) is 10.9 Å². The van der Waals surface area contributed by atoms with Gasteiger partial charge < -0.3 is 24.3 Å². The van der Waals surface area contributed by atoms with E-state index >= 15 is 8.78 Å². The maximum absolute atomic E-state index is 15.5. The Morgan fingerprint density at radius 3 is 2.70 bits per heavy atom. The van der Waals surface area contributed by atoms with E-state index in [9.17, 15) is 0 Å². The van der Waals surface area contributed by atoms with Crippen molar-refractivity contribution in [2.45, 2.75) is 6.92 Å². The second kappa shape index (κ2) is 11.4. The average Bonchev–Trinajstić information content (AvgIpc) is 3.30. The van der Waals surface area contributed by atoms with Gasteiger partial charge in [0.2, 0.25) is 5.82 Å². The summed E-state index contributed by atoms with van der Waals surface area (Å²) < 4.78 is 42.1. The van der Waals surface area contributed by atoms with Crippen molar-refractivity contribution in [2.24, 2.45) is 5.10 Å². The molecule has 1 aromatic carbocycles. The highest BCUT2D eigenvalue weighted by Gasteiger charge is 2.27. The second-order valence-electron chi connectivity index (χ2n) is 9.50. The van der Waals surface area contributed by atoms with Crippen molar-refractivity contribution < 1.29 is 18.3 Å². The number of halogens is 2. The van der Waals surface area contributed by atoms with Gasteiger partial charge >= 0.3 is 0 Å². The molecule has 2 aliphatic rings. The Kier molecular flexibility index (Phi) is 7.82. The number of aryl methyl sites for hydroxylation is 1. The number of rotatable bonds is 8. The summed E-state index contributed by atoms with van der Waals surface area (Å²) in [4.78, 5) is 13.5. The van der Waals surface area contributed by atoms with E-state index in [1.165, 1.54) is 0 Å². The summed E-state index contributed by atoms with van der Waals surface area (Å²) in [5.74, 6) is -2.04. The minimum Gasteiger partial charge on any atom is -0.474 e. The molecule has 2 aliphatic heterocycles. The van der Waals surface area contributed by atoms with Crippen LogP contribution in [0.4, 0.5) is 20.3 Å². The first-order valence-electron chi connectivity index (χ1n) is 12.6. The van der Waals surface area contributed by atoms with Gasteiger partial charge in [-0.2, -0.15) is 14.5 Å². The van der Waals surface area contributed by atoms with E-state index in [-0.39, 0.29) is 24.0 Å². The van der Waals surface area contributed by atoms with Crippen molar-refractivity contribution in [2.75, 3.05) is 83.0 Å². The maximum Gasteiger partial charge on any atom is 0.254 e. The molecule has 37 heavy (non-hydrogen) atoms. The van der Waals surface area contributed by atoms with E-state index in [1.54, 1.807) is 11.1 Å². The number of piperazine rings is 1. The Morgan fingerprint density at radius 1 is 1.14 bits per heavy atom. The number of fused-ring (bicyclic) bond motifs is 1. The summed E-state index contributed by atoms with van der Waals surface area (Å²) in [6.07, 6.45) is 3.41. The summed E-state index contributed by atoms with van der Waals surface area (Å²) >= 11 is 0. The van der Waals surface area contributed by atoms with Crippen molar-refractivity contribution in [1.82, 2.24) is 19.8 Å². The summed E-state index contributed by atoms with van der Waals surface area (Å²) in [6.45, 7) is 8.24. The van der Waals surface area contributed by atoms with E-state index in [2.05, 4.69) is 37.3 Å². The Hall–Kier alpha value is -3.28. The van der Waals surface area contributed by atoms with E-state index in [4.69, 9.17) is 9.47 Å². The van der Waals surface area contributed by atoms with Gasteiger partial charge in [0.15, 0.2) is 11.6 Å². The SMILES string of the molecule is Cc1ccc2c(/C=N/Nc3nc(OCCN4CCN(C)CC4)c(F)c(N4CCOCC4)c3F)c[nH]c2c1. The number of aromatic amines is 1. The first-order chi connectivity index (χ1) is 18.0. The van der Waals surface area contributed by atoms with Crippen LogP contribution in [-0.2, 0) is 4.74 Å². The number of morpholine rings is 1. The van der Waals surface area contributed by atoms with Gasteiger partial charge in [0.1, 0.15) is 12.3 Å². The number of ether oxygens (including phenoxy) is 2. The van der Waals surface area contributed by atoms with Crippen molar-refractivity contribution in [3.05, 3.63) is 47.2 Å². The molecule has 0 amide bonds. The van der Waals surface area contributed by atoms with Crippen LogP contribution in [0.2, 0.25) is 0 Å². The van der Waals surface area contributed by atoms with E-state index in [0.29, 0.717) is 32.8 Å². The predicted octanol–water partition coefficient (Wildman–Crippen LogP) is 3.06. The number of hydrogen-bond acceptors (Lipinski definition) is 8. The Bertz CT molecular complexity index is 1250. The molecule has 2 saturated heterocycles. The summed E-state index contributed by atoms with van der Waals surface area (Å²) in [5.41, 5.74) is 5.46. The number of likely N-dealkylation sites (N-methyl/N-ethyl adjacent to an activating group) is 1. The molecule has 0 atom stereocenters. The van der Waals surface area contributed by atoms with Crippen LogP contribution in [0.3, 0.4) is 0 Å². The molecule has 5 rings (SSSR count). The molecular formula is C26H33F2N7O2. The fourth-order valence-corrected chi connectivity index (χ4v) is 4.62. The number of anilines is 2. The highest BCUT2D eigenvalue weighted by molar-refractivity contribution is 5.99. The van der Waals surface area contributed by atoms with Crippen LogP contribution in [-0.4, -0.2) is 98.7 Å². The molecule has 9 nitrogen and oxygen atoms in total. The first-order valence-corrected chi connectivity index (χ1v) is 12.6. The lowest BCUT2D eigenvalue weighted by atomic mass is 10.1. The van der Waals surface area contributed by atoms with E-state index in [1.807, 2.05) is 31.3 Å². The number of nitrogens with zero attached hydrogens (tertiary/aromatic N) is 5. The van der Waals surface area contributed by atoms with Gasteiger partial charge in [-0.05, 0) is 25.6 Å². The zero-order chi connectivity index (χ0) is 25.8. The number of nitrogens with one attached hydrogen (secondary N) is 2. The van der Waals surface area contributed by atoms with Crippen molar-refractivity contribution in [1.29, 1.82) is 0 Å². The lowest BCUT2D eigenvalue weighted by Crippen LogP contribution is -2.45. The lowest BCUT2D eigenvalue weighted by molar-refractivity contribution is 0.121. The quantitative estimate of drug-likeness (QED) is 0.354. The molecular weight excluding hydrogens is 480 g/mol. The minimum atomic E-state index is -0.808. The van der Waals surface area contributed by atoms with Gasteiger partial charge in [-0.15, -0.1) is 0 Å². The molecule has 3 aromatic rings. The molecule has 2 fully saturated rings. The lowest BCUT2D eigenvalue weighted by Gasteiger charge is -2.32. The molecule has 2 N–H and O–H groups in total. The number of aromatic nitrogens is 2. The van der Waals surface area contributed by atoms with Crippen LogP contribution in [0, 0.1) is 18.6 Å². The average molecular weight is 514 g/mol. The highest BCUT2D eigenvalue weighted by atomic mass is 19.1. The van der Waals surface area contributed by atoms with Gasteiger partial charge in [-0.3, -0.25) is 10.3 Å². The molecule has 0 unspecified atom stereocenters. The number of H-pyrrole nitrogens is 1. The molecule has 4 heterocycles. The highest BCUT2D eigenvalue weighted by Crippen LogP contribution is 2.34. The smallest absolute Gasteiger partial charge is 0.254 e. The van der Waals surface area contributed by atoms with Gasteiger partial charge in [0.05, 0.1) is 19.4 Å². The van der Waals surface area contributed by atoms with Crippen LogP contribution >= 0.6 is 0 Å². The Labute approximate surface area is 215 Å². The second-order valence-corrected chi connectivity index (χ2v) is 9.50. The fourth-order valence-electron chi connectivity index (χ4n) is 4.62. The summed E-state index contributed by atoms with van der Waals surface area (Å²) in [7, 11) is 2.09. The van der Waals surface area contributed by atoms with Crippen molar-refractivity contribution in [3.8, 4) is 5.88 Å². The molecule has 0 saturated carbocycles. The third kappa shape index (κ3) is 5.84. The van der Waals surface area contributed by atoms with Gasteiger partial charge in [-0.1, -0.05) is 12.1 Å². The standard InChI is InChI=1S/C26H33F2N7O2/c1-18-3-4-20-19(16-29-21(20)15-18)17-30-32-25-22(27)24(35-10-12-36-13-11-35)23(28)26(31-25)37-14-9-34-7-5-33(2)6-8-34/h3-4,15-17,29H,5-14H2,1-2H3,(H,31,32)/b30-17+. The summed E-state index contributed by atoms with van der Waals surface area (Å²) in [6, 6.07) is 6.06. The van der Waals surface area contributed by atoms with Gasteiger partial charge in [0.25, 0.3) is 5.88 Å². The molecule has 2 aromatic heterocycles. The molecule has 0 spiro atoms. The molecule has 0 bridgehead atoms. The number of benzene rings is 1. The van der Waals surface area contributed by atoms with Crippen LogP contribution in [0.15, 0.2) is 29.5 Å². The molecule has 11 heteroatoms. The predicted molar refractivity (Wildman–Crippen MR) is 141 cm³/mol. The molecule has 0 aliphatic carbocycles. The first kappa shape index (κ1) is 25.4. The zero-order valence-electron chi connectivity index (χ0n) is 21.3. The van der Waals surface area contributed by atoms with Crippen LogP contribution < -0.4 is 15.1 Å². The van der Waals surface area contributed by atoms with E-state index < -0.39 is 11.6 Å². The fraction of sp³-hybridized carbons (Fsp3) is 0.462. The minimum absolute atomic E-state index is 0.173. The van der Waals surface area contributed by atoms with E-state index in [0.717, 1.165) is 48.2 Å². The third-order valence-electron chi connectivity index (χ3n) is 6.84.